The highest BCUT2D eigenvalue weighted by Gasteiger charge is 2.39. The summed E-state index contributed by atoms with van der Waals surface area (Å²) in [6.45, 7) is 0. The third-order valence-electron chi connectivity index (χ3n) is 5.29. The van der Waals surface area contributed by atoms with Crippen molar-refractivity contribution in [2.24, 2.45) is 0 Å². The van der Waals surface area contributed by atoms with Gasteiger partial charge in [-0.15, -0.1) is 0 Å². The summed E-state index contributed by atoms with van der Waals surface area (Å²) in [4.78, 5) is 12.7. The van der Waals surface area contributed by atoms with Gasteiger partial charge in [0.1, 0.15) is 23.2 Å². The van der Waals surface area contributed by atoms with Crippen LogP contribution in [0.5, 0.6) is 46.0 Å². The first-order valence-corrected chi connectivity index (χ1v) is 9.56. The second kappa shape index (κ2) is 8.06. The zero-order chi connectivity index (χ0) is 24.9. The molecule has 1 aliphatic heterocycles. The molecule has 178 valence electrons. The summed E-state index contributed by atoms with van der Waals surface area (Å²) in [5.74, 6) is -12.6. The zero-order valence-electron chi connectivity index (χ0n) is 16.9. The molecule has 3 aromatic carbocycles. The molecule has 0 fully saturated rings. The molecule has 3 aromatic rings. The van der Waals surface area contributed by atoms with Crippen LogP contribution < -0.4 is 4.74 Å². The first-order valence-electron chi connectivity index (χ1n) is 9.56. The van der Waals surface area contributed by atoms with Crippen LogP contribution in [0.2, 0.25) is 0 Å². The number of hydrogen-bond donors (Lipinski definition) is 7. The Kier molecular flexibility index (Phi) is 5.36. The summed E-state index contributed by atoms with van der Waals surface area (Å²) < 4.78 is 39.7. The average molecular weight is 478 g/mol. The Morgan fingerprint density at radius 1 is 0.853 bits per heavy atom. The molecule has 7 N–H and O–H groups in total. The molecule has 0 spiro atoms. The van der Waals surface area contributed by atoms with E-state index in [0.717, 1.165) is 12.1 Å². The fraction of sp³-hybridized carbons (Fsp3) is 0.136. The minimum Gasteiger partial charge on any atom is -0.508 e. The van der Waals surface area contributed by atoms with E-state index in [2.05, 4.69) is 0 Å². The lowest BCUT2D eigenvalue weighted by Gasteiger charge is -2.34. The van der Waals surface area contributed by atoms with E-state index in [0.29, 0.717) is 0 Å². The molecule has 34 heavy (non-hydrogen) atoms. The predicted octanol–water partition coefficient (Wildman–Crippen LogP) is 2.81. The SMILES string of the molecule is O=C(O[C@@H]1Cc2c(O)cccc2OC1c1cc(O)c(O)c(O)c1)c1c(F)c(O)c(O)c(O)c1F. The van der Waals surface area contributed by atoms with Crippen molar-refractivity contribution in [2.45, 2.75) is 18.6 Å². The fourth-order valence-electron chi connectivity index (χ4n) is 3.60. The Labute approximate surface area is 188 Å². The number of fused-ring (bicyclic) bond motifs is 1. The number of ether oxygens (including phenoxy) is 2. The molecule has 0 saturated heterocycles. The summed E-state index contributed by atoms with van der Waals surface area (Å²) in [7, 11) is 0. The number of halogens is 2. The molecule has 12 heteroatoms. The van der Waals surface area contributed by atoms with Gasteiger partial charge in [0, 0.05) is 17.5 Å². The highest BCUT2D eigenvalue weighted by molar-refractivity contribution is 5.92. The molecule has 0 bridgehead atoms. The van der Waals surface area contributed by atoms with E-state index in [1.807, 2.05) is 0 Å². The van der Waals surface area contributed by atoms with Gasteiger partial charge in [0.25, 0.3) is 0 Å². The predicted molar refractivity (Wildman–Crippen MR) is 107 cm³/mol. The lowest BCUT2D eigenvalue weighted by molar-refractivity contribution is -0.0196. The summed E-state index contributed by atoms with van der Waals surface area (Å²) in [5, 5.41) is 67.9. The van der Waals surface area contributed by atoms with Gasteiger partial charge in [-0.3, -0.25) is 0 Å². The van der Waals surface area contributed by atoms with Crippen molar-refractivity contribution in [2.75, 3.05) is 0 Å². The second-order valence-corrected chi connectivity index (χ2v) is 7.40. The molecule has 10 nitrogen and oxygen atoms in total. The largest absolute Gasteiger partial charge is 0.508 e. The first-order chi connectivity index (χ1) is 16.0. The lowest BCUT2D eigenvalue weighted by Crippen LogP contribution is -2.35. The normalized spacial score (nSPS) is 17.0. The summed E-state index contributed by atoms with van der Waals surface area (Å²) >= 11 is 0. The molecule has 0 aromatic heterocycles. The molecule has 0 saturated carbocycles. The fourth-order valence-corrected chi connectivity index (χ4v) is 3.60. The van der Waals surface area contributed by atoms with Gasteiger partial charge < -0.3 is 45.2 Å². The molecule has 2 atom stereocenters. The van der Waals surface area contributed by atoms with Gasteiger partial charge >= 0.3 is 5.97 Å². The summed E-state index contributed by atoms with van der Waals surface area (Å²) in [6.07, 6.45) is -3.02. The number of esters is 1. The third kappa shape index (κ3) is 3.54. The molecular formula is C22H16F2O10. The number of phenols is 7. The van der Waals surface area contributed by atoms with E-state index < -0.39 is 69.9 Å². The number of rotatable bonds is 3. The Bertz CT molecular complexity index is 1270. The number of aromatic hydroxyl groups is 7. The number of carbonyl (C=O) groups excluding carboxylic acids is 1. The Balaban J connectivity index is 1.78. The molecule has 1 heterocycles. The van der Waals surface area contributed by atoms with Crippen LogP contribution in [0.15, 0.2) is 30.3 Å². The minimum absolute atomic E-state index is 0.0167. The van der Waals surface area contributed by atoms with E-state index in [1.54, 1.807) is 0 Å². The van der Waals surface area contributed by atoms with Gasteiger partial charge in [0.2, 0.25) is 5.75 Å². The van der Waals surface area contributed by atoms with Crippen molar-refractivity contribution in [1.82, 2.24) is 0 Å². The molecule has 4 rings (SSSR count). The first kappa shape index (κ1) is 22.6. The smallest absolute Gasteiger partial charge is 0.344 e. The number of benzene rings is 3. The second-order valence-electron chi connectivity index (χ2n) is 7.40. The van der Waals surface area contributed by atoms with Gasteiger partial charge in [-0.25, -0.2) is 13.6 Å². The van der Waals surface area contributed by atoms with Crippen LogP contribution in [0.25, 0.3) is 0 Å². The minimum atomic E-state index is -1.89. The van der Waals surface area contributed by atoms with Crippen molar-refractivity contribution < 1.29 is 58.8 Å². The van der Waals surface area contributed by atoms with Crippen molar-refractivity contribution in [1.29, 1.82) is 0 Å². The standard InChI is InChI=1S/C22H16F2O10/c23-15-14(16(24)19(30)20(31)18(15)29)22(32)34-13-6-8-9(25)2-1-3-12(8)33-21(13)7-4-10(26)17(28)11(27)5-7/h1-5,13,21,25-31H,6H2/t13-,21?/m1/s1. The molecule has 1 unspecified atom stereocenters. The lowest BCUT2D eigenvalue weighted by atomic mass is 9.93. The quantitative estimate of drug-likeness (QED) is 0.219. The van der Waals surface area contributed by atoms with Gasteiger partial charge in [-0.2, -0.15) is 0 Å². The summed E-state index contributed by atoms with van der Waals surface area (Å²) in [6, 6.07) is 6.22. The van der Waals surface area contributed by atoms with E-state index >= 15 is 0 Å². The third-order valence-corrected chi connectivity index (χ3v) is 5.29. The molecule has 1 aliphatic rings. The van der Waals surface area contributed by atoms with Crippen LogP contribution in [0.3, 0.4) is 0 Å². The van der Waals surface area contributed by atoms with Crippen LogP contribution in [-0.2, 0) is 11.2 Å². The van der Waals surface area contributed by atoms with E-state index in [1.165, 1.54) is 18.2 Å². The maximum Gasteiger partial charge on any atom is 0.344 e. The van der Waals surface area contributed by atoms with Crippen molar-refractivity contribution in [3.8, 4) is 46.0 Å². The molecule has 0 amide bonds. The molecule has 0 radical (unpaired) electrons. The molecular weight excluding hydrogens is 462 g/mol. The monoisotopic (exact) mass is 478 g/mol. The Morgan fingerprint density at radius 2 is 1.44 bits per heavy atom. The van der Waals surface area contributed by atoms with Gasteiger partial charge in [-0.05, 0) is 24.3 Å². The van der Waals surface area contributed by atoms with Crippen molar-refractivity contribution in [3.05, 3.63) is 58.7 Å². The topological polar surface area (TPSA) is 177 Å². The van der Waals surface area contributed by atoms with Gasteiger partial charge in [0.05, 0.1) is 0 Å². The highest BCUT2D eigenvalue weighted by atomic mass is 19.1. The van der Waals surface area contributed by atoms with Gasteiger partial charge in [-0.1, -0.05) is 6.07 Å². The van der Waals surface area contributed by atoms with Crippen LogP contribution >= 0.6 is 0 Å². The van der Waals surface area contributed by atoms with Crippen LogP contribution in [0, 0.1) is 11.6 Å². The maximum atomic E-state index is 14.4. The van der Waals surface area contributed by atoms with Crippen LogP contribution in [0.4, 0.5) is 8.78 Å². The average Bonchev–Trinajstić information content (AvgIpc) is 2.80. The number of carbonyl (C=O) groups is 1. The van der Waals surface area contributed by atoms with Crippen LogP contribution in [-0.4, -0.2) is 47.8 Å². The Hall–Kier alpha value is -4.61. The maximum absolute atomic E-state index is 14.4. The van der Waals surface area contributed by atoms with Gasteiger partial charge in [0.15, 0.2) is 46.5 Å². The Morgan fingerprint density at radius 3 is 2.03 bits per heavy atom. The summed E-state index contributed by atoms with van der Waals surface area (Å²) in [5.41, 5.74) is -1.36. The number of hydrogen-bond acceptors (Lipinski definition) is 10. The number of phenolic OH excluding ortho intramolecular Hbond substituents is 7. The van der Waals surface area contributed by atoms with Crippen LogP contribution in [0.1, 0.15) is 27.6 Å². The van der Waals surface area contributed by atoms with Crippen molar-refractivity contribution >= 4 is 5.97 Å². The highest BCUT2D eigenvalue weighted by Crippen LogP contribution is 2.45. The van der Waals surface area contributed by atoms with E-state index in [4.69, 9.17) is 9.47 Å². The molecule has 0 aliphatic carbocycles. The van der Waals surface area contributed by atoms with E-state index in [9.17, 15) is 49.3 Å². The van der Waals surface area contributed by atoms with E-state index in [-0.39, 0.29) is 29.0 Å². The van der Waals surface area contributed by atoms with Crippen molar-refractivity contribution in [3.63, 3.8) is 0 Å². The zero-order valence-corrected chi connectivity index (χ0v) is 16.9.